The van der Waals surface area contributed by atoms with Crippen molar-refractivity contribution in [1.82, 2.24) is 9.80 Å². The monoisotopic (exact) mass is 398 g/mol. The van der Waals surface area contributed by atoms with Crippen molar-refractivity contribution in [2.75, 3.05) is 19.6 Å². The van der Waals surface area contributed by atoms with Gasteiger partial charge < -0.3 is 4.74 Å². The van der Waals surface area contributed by atoms with E-state index in [1.54, 1.807) is 12.1 Å². The summed E-state index contributed by atoms with van der Waals surface area (Å²) in [5, 5.41) is 0. The fourth-order valence-electron chi connectivity index (χ4n) is 3.27. The fourth-order valence-corrected chi connectivity index (χ4v) is 3.65. The maximum atomic E-state index is 13.5. The predicted octanol–water partition coefficient (Wildman–Crippen LogP) is 4.17. The Kier molecular flexibility index (Phi) is 4.64. The average molecular weight is 399 g/mol. The summed E-state index contributed by atoms with van der Waals surface area (Å²) in [5.41, 5.74) is 0.369. The molecule has 1 saturated carbocycles. The third kappa shape index (κ3) is 3.91. The minimum atomic E-state index is -0.475. The van der Waals surface area contributed by atoms with Crippen molar-refractivity contribution in [3.8, 4) is 0 Å². The van der Waals surface area contributed by atoms with Gasteiger partial charge in [-0.05, 0) is 57.4 Å². The second-order valence-corrected chi connectivity index (χ2v) is 8.66. The second-order valence-electron chi connectivity index (χ2n) is 7.80. The Balaban J connectivity index is 1.66. The molecule has 0 N–H and O–H groups in total. The summed E-state index contributed by atoms with van der Waals surface area (Å²) in [7, 11) is 0. The van der Waals surface area contributed by atoms with Gasteiger partial charge in [0, 0.05) is 30.7 Å². The number of hydrogen-bond donors (Lipinski definition) is 0. The summed E-state index contributed by atoms with van der Waals surface area (Å²) in [4.78, 5) is 16.7. The highest BCUT2D eigenvalue weighted by Gasteiger charge is 2.54. The molecule has 0 aromatic heterocycles. The molecule has 1 saturated heterocycles. The third-order valence-corrected chi connectivity index (χ3v) is 5.35. The van der Waals surface area contributed by atoms with Crippen LogP contribution in [0.5, 0.6) is 0 Å². The van der Waals surface area contributed by atoms with E-state index >= 15 is 0 Å². The molecule has 2 aliphatic rings. The maximum absolute atomic E-state index is 13.5. The molecule has 0 bridgehead atoms. The number of piperazine rings is 1. The van der Waals surface area contributed by atoms with Crippen LogP contribution in [0.1, 0.15) is 39.2 Å². The van der Waals surface area contributed by atoms with Crippen molar-refractivity contribution in [2.45, 2.75) is 51.3 Å². The molecule has 1 aromatic rings. The molecule has 24 heavy (non-hydrogen) atoms. The van der Waals surface area contributed by atoms with Crippen LogP contribution < -0.4 is 0 Å². The normalized spacial score (nSPS) is 20.3. The van der Waals surface area contributed by atoms with E-state index in [0.29, 0.717) is 13.1 Å². The Labute approximate surface area is 151 Å². The first-order chi connectivity index (χ1) is 11.2. The molecule has 1 aliphatic heterocycles. The van der Waals surface area contributed by atoms with Crippen LogP contribution in [0.4, 0.5) is 9.18 Å². The van der Waals surface area contributed by atoms with Gasteiger partial charge >= 0.3 is 6.09 Å². The summed E-state index contributed by atoms with van der Waals surface area (Å²) in [6, 6.07) is 4.77. The van der Waals surface area contributed by atoms with Gasteiger partial charge in [0.15, 0.2) is 0 Å². The van der Waals surface area contributed by atoms with E-state index in [9.17, 15) is 9.18 Å². The lowest BCUT2D eigenvalue weighted by Gasteiger charge is -2.42. The molecule has 6 heteroatoms. The molecule has 1 aliphatic carbocycles. The van der Waals surface area contributed by atoms with Crippen LogP contribution in [0.2, 0.25) is 0 Å². The quantitative estimate of drug-likeness (QED) is 0.748. The van der Waals surface area contributed by atoms with Crippen molar-refractivity contribution in [3.05, 3.63) is 34.1 Å². The Morgan fingerprint density at radius 3 is 2.67 bits per heavy atom. The van der Waals surface area contributed by atoms with Crippen LogP contribution in [0.25, 0.3) is 0 Å². The Morgan fingerprint density at radius 2 is 2.04 bits per heavy atom. The molecule has 0 atom stereocenters. The number of carbonyl (C=O) groups is 1. The van der Waals surface area contributed by atoms with Gasteiger partial charge in [-0.2, -0.15) is 0 Å². The van der Waals surface area contributed by atoms with Crippen LogP contribution in [-0.4, -0.2) is 46.7 Å². The number of ether oxygens (including phenoxy) is 1. The summed E-state index contributed by atoms with van der Waals surface area (Å²) in [6.45, 7) is 8.59. The van der Waals surface area contributed by atoms with E-state index in [1.165, 1.54) is 6.07 Å². The standard InChI is InChI=1S/C18H24BrFN2O2/c1-17(2,3)24-16(23)22-9-8-21(12-18(22)6-7-18)11-13-10-14(20)4-5-15(13)19/h4-5,10H,6-9,11-12H2,1-3H3. The Hall–Kier alpha value is -1.14. The lowest BCUT2D eigenvalue weighted by molar-refractivity contribution is -0.00811. The van der Waals surface area contributed by atoms with Crippen LogP contribution in [-0.2, 0) is 11.3 Å². The number of halogens is 2. The van der Waals surface area contributed by atoms with Crippen molar-refractivity contribution in [1.29, 1.82) is 0 Å². The zero-order valence-corrected chi connectivity index (χ0v) is 16.0. The summed E-state index contributed by atoms with van der Waals surface area (Å²) in [6.07, 6.45) is 1.80. The van der Waals surface area contributed by atoms with Gasteiger partial charge in [-0.3, -0.25) is 9.80 Å². The number of nitrogens with zero attached hydrogens (tertiary/aromatic N) is 2. The molecule has 1 spiro atoms. The van der Waals surface area contributed by atoms with E-state index in [0.717, 1.165) is 36.0 Å². The molecule has 0 radical (unpaired) electrons. The van der Waals surface area contributed by atoms with E-state index in [2.05, 4.69) is 20.8 Å². The van der Waals surface area contributed by atoms with Crippen LogP contribution in [0, 0.1) is 5.82 Å². The van der Waals surface area contributed by atoms with Gasteiger partial charge in [-0.1, -0.05) is 15.9 Å². The van der Waals surface area contributed by atoms with Crippen LogP contribution in [0.15, 0.2) is 22.7 Å². The number of carbonyl (C=O) groups excluding carboxylic acids is 1. The van der Waals surface area contributed by atoms with Gasteiger partial charge in [-0.15, -0.1) is 0 Å². The fraction of sp³-hybridized carbons (Fsp3) is 0.611. The highest BCUT2D eigenvalue weighted by Crippen LogP contribution is 2.45. The first kappa shape index (κ1) is 17.7. The topological polar surface area (TPSA) is 32.8 Å². The Morgan fingerprint density at radius 1 is 1.33 bits per heavy atom. The van der Waals surface area contributed by atoms with E-state index < -0.39 is 5.60 Å². The summed E-state index contributed by atoms with van der Waals surface area (Å²) >= 11 is 3.49. The minimum absolute atomic E-state index is 0.0968. The lowest BCUT2D eigenvalue weighted by Crippen LogP contribution is -2.57. The molecule has 2 fully saturated rings. The van der Waals surface area contributed by atoms with Gasteiger partial charge in [0.05, 0.1) is 5.54 Å². The van der Waals surface area contributed by atoms with Gasteiger partial charge in [0.1, 0.15) is 11.4 Å². The van der Waals surface area contributed by atoms with Gasteiger partial charge in [-0.25, -0.2) is 9.18 Å². The second kappa shape index (κ2) is 6.30. The van der Waals surface area contributed by atoms with Crippen LogP contribution in [0.3, 0.4) is 0 Å². The molecule has 132 valence electrons. The molecule has 4 nitrogen and oxygen atoms in total. The molecule has 0 unspecified atom stereocenters. The van der Waals surface area contributed by atoms with E-state index in [1.807, 2.05) is 25.7 Å². The summed E-state index contributed by atoms with van der Waals surface area (Å²) in [5.74, 6) is -0.221. The molecule has 1 aromatic carbocycles. The van der Waals surface area contributed by atoms with E-state index in [-0.39, 0.29) is 17.4 Å². The highest BCUT2D eigenvalue weighted by atomic mass is 79.9. The smallest absolute Gasteiger partial charge is 0.410 e. The minimum Gasteiger partial charge on any atom is -0.444 e. The number of hydrogen-bond acceptors (Lipinski definition) is 3. The maximum Gasteiger partial charge on any atom is 0.410 e. The van der Waals surface area contributed by atoms with Crippen molar-refractivity contribution in [2.24, 2.45) is 0 Å². The van der Waals surface area contributed by atoms with E-state index in [4.69, 9.17) is 4.74 Å². The molecule has 1 heterocycles. The van der Waals surface area contributed by atoms with Crippen molar-refractivity contribution >= 4 is 22.0 Å². The average Bonchev–Trinajstić information content (AvgIpc) is 3.20. The number of rotatable bonds is 2. The van der Waals surface area contributed by atoms with Gasteiger partial charge in [0.25, 0.3) is 0 Å². The first-order valence-corrected chi connectivity index (χ1v) is 9.15. The lowest BCUT2D eigenvalue weighted by atomic mass is 10.1. The van der Waals surface area contributed by atoms with Crippen molar-refractivity contribution < 1.29 is 13.9 Å². The first-order valence-electron chi connectivity index (χ1n) is 8.35. The SMILES string of the molecule is CC(C)(C)OC(=O)N1CCN(Cc2cc(F)ccc2Br)CC12CC2. The molecule has 1 amide bonds. The van der Waals surface area contributed by atoms with Gasteiger partial charge in [0.2, 0.25) is 0 Å². The summed E-state index contributed by atoms with van der Waals surface area (Å²) < 4.78 is 20.0. The zero-order valence-electron chi connectivity index (χ0n) is 14.4. The number of amides is 1. The highest BCUT2D eigenvalue weighted by molar-refractivity contribution is 9.10. The zero-order chi connectivity index (χ0) is 17.5. The Bertz CT molecular complexity index is 640. The van der Waals surface area contributed by atoms with Crippen LogP contribution >= 0.6 is 15.9 Å². The largest absolute Gasteiger partial charge is 0.444 e. The number of benzene rings is 1. The molecule has 3 rings (SSSR count). The predicted molar refractivity (Wildman–Crippen MR) is 94.3 cm³/mol. The molecular formula is C18H24BrFN2O2. The van der Waals surface area contributed by atoms with Crippen molar-refractivity contribution in [3.63, 3.8) is 0 Å². The third-order valence-electron chi connectivity index (χ3n) is 4.57. The molecular weight excluding hydrogens is 375 g/mol.